The van der Waals surface area contributed by atoms with Crippen molar-refractivity contribution in [3.63, 3.8) is 0 Å². The number of nitrogens with two attached hydrogens (primary N) is 1. The third-order valence-electron chi connectivity index (χ3n) is 4.33. The molecule has 1 saturated heterocycles. The molecule has 0 saturated carbocycles. The van der Waals surface area contributed by atoms with Gasteiger partial charge in [0.1, 0.15) is 0 Å². The zero-order chi connectivity index (χ0) is 15.9. The fourth-order valence-electron chi connectivity index (χ4n) is 2.85. The number of aryl methyl sites for hydroxylation is 1. The standard InChI is InChI=1S/C17H27N3O2/c1-3-13-4-6-14(7-5-13)16-12-19-8-9-20(16)17(21)10-15(11-18)22-2/h4-7,15-16,19H,3,8-12,18H2,1-2H3. The van der Waals surface area contributed by atoms with Gasteiger partial charge in [0.15, 0.2) is 0 Å². The zero-order valence-electron chi connectivity index (χ0n) is 13.5. The molecule has 0 spiro atoms. The minimum atomic E-state index is -0.203. The molecule has 1 aliphatic heterocycles. The van der Waals surface area contributed by atoms with E-state index in [4.69, 9.17) is 10.5 Å². The van der Waals surface area contributed by atoms with E-state index in [0.717, 1.165) is 26.1 Å². The Bertz CT molecular complexity index is 471. The minimum absolute atomic E-state index is 0.0856. The maximum atomic E-state index is 12.6. The third kappa shape index (κ3) is 4.06. The average Bonchev–Trinajstić information content (AvgIpc) is 2.59. The van der Waals surface area contributed by atoms with Gasteiger partial charge < -0.3 is 20.7 Å². The Morgan fingerprint density at radius 3 is 2.77 bits per heavy atom. The predicted octanol–water partition coefficient (Wildman–Crippen LogP) is 1.09. The van der Waals surface area contributed by atoms with Crippen molar-refractivity contribution < 1.29 is 9.53 Å². The zero-order valence-corrected chi connectivity index (χ0v) is 13.5. The van der Waals surface area contributed by atoms with Crippen molar-refractivity contribution in [2.45, 2.75) is 31.9 Å². The first-order valence-corrected chi connectivity index (χ1v) is 8.01. The van der Waals surface area contributed by atoms with E-state index in [9.17, 15) is 4.79 Å². The Hall–Kier alpha value is -1.43. The van der Waals surface area contributed by atoms with Gasteiger partial charge in [-0.3, -0.25) is 4.79 Å². The molecule has 0 radical (unpaired) electrons. The fraction of sp³-hybridized carbons (Fsp3) is 0.588. The van der Waals surface area contributed by atoms with Crippen LogP contribution in [-0.4, -0.2) is 50.2 Å². The Kier molecular flexibility index (Phi) is 6.36. The van der Waals surface area contributed by atoms with Crippen LogP contribution >= 0.6 is 0 Å². The molecule has 5 nitrogen and oxygen atoms in total. The Morgan fingerprint density at radius 1 is 1.45 bits per heavy atom. The first-order valence-electron chi connectivity index (χ1n) is 8.01. The van der Waals surface area contributed by atoms with E-state index in [0.29, 0.717) is 13.0 Å². The monoisotopic (exact) mass is 305 g/mol. The van der Waals surface area contributed by atoms with Gasteiger partial charge >= 0.3 is 0 Å². The summed E-state index contributed by atoms with van der Waals surface area (Å²) in [7, 11) is 1.60. The van der Waals surface area contributed by atoms with Crippen molar-refractivity contribution in [1.29, 1.82) is 0 Å². The van der Waals surface area contributed by atoms with Crippen molar-refractivity contribution in [2.24, 2.45) is 5.73 Å². The van der Waals surface area contributed by atoms with Crippen LogP contribution in [0.1, 0.15) is 30.5 Å². The summed E-state index contributed by atoms with van der Waals surface area (Å²) in [5.74, 6) is 0.114. The maximum absolute atomic E-state index is 12.6. The number of nitrogens with one attached hydrogen (secondary N) is 1. The van der Waals surface area contributed by atoms with Crippen LogP contribution in [0.15, 0.2) is 24.3 Å². The number of piperazine rings is 1. The highest BCUT2D eigenvalue weighted by Crippen LogP contribution is 2.24. The topological polar surface area (TPSA) is 67.6 Å². The number of ether oxygens (including phenoxy) is 1. The predicted molar refractivity (Wildman–Crippen MR) is 87.6 cm³/mol. The number of amides is 1. The van der Waals surface area contributed by atoms with E-state index in [-0.39, 0.29) is 18.1 Å². The number of carbonyl (C=O) groups is 1. The Labute approximate surface area is 132 Å². The summed E-state index contributed by atoms with van der Waals surface area (Å²) in [6, 6.07) is 8.64. The van der Waals surface area contributed by atoms with Gasteiger partial charge in [-0.2, -0.15) is 0 Å². The van der Waals surface area contributed by atoms with Crippen LogP contribution in [-0.2, 0) is 16.0 Å². The van der Waals surface area contributed by atoms with Crippen LogP contribution in [0.4, 0.5) is 0 Å². The van der Waals surface area contributed by atoms with Crippen molar-refractivity contribution in [2.75, 3.05) is 33.3 Å². The molecule has 2 rings (SSSR count). The van der Waals surface area contributed by atoms with E-state index in [1.807, 2.05) is 4.90 Å². The number of nitrogens with zero attached hydrogens (tertiary/aromatic N) is 1. The number of benzene rings is 1. The largest absolute Gasteiger partial charge is 0.380 e. The molecule has 1 aromatic rings. The van der Waals surface area contributed by atoms with Crippen LogP contribution in [0.2, 0.25) is 0 Å². The molecular formula is C17H27N3O2. The number of hydrogen-bond acceptors (Lipinski definition) is 4. The molecule has 0 aromatic heterocycles. The molecule has 122 valence electrons. The summed E-state index contributed by atoms with van der Waals surface area (Å²) in [4.78, 5) is 14.6. The molecule has 1 aliphatic rings. The van der Waals surface area contributed by atoms with Crippen LogP contribution in [0.3, 0.4) is 0 Å². The summed E-state index contributed by atoms with van der Waals surface area (Å²) in [6.45, 7) is 4.85. The fourth-order valence-corrected chi connectivity index (χ4v) is 2.85. The highest BCUT2D eigenvalue weighted by atomic mass is 16.5. The number of rotatable bonds is 6. The van der Waals surface area contributed by atoms with Gasteiger partial charge in [0.05, 0.1) is 18.6 Å². The third-order valence-corrected chi connectivity index (χ3v) is 4.33. The van der Waals surface area contributed by atoms with E-state index in [2.05, 4.69) is 36.5 Å². The van der Waals surface area contributed by atoms with Crippen molar-refractivity contribution in [1.82, 2.24) is 10.2 Å². The van der Waals surface area contributed by atoms with E-state index in [1.165, 1.54) is 11.1 Å². The van der Waals surface area contributed by atoms with Gasteiger partial charge in [0, 0.05) is 33.3 Å². The SMILES string of the molecule is CCc1ccc(C2CNCCN2C(=O)CC(CN)OC)cc1. The van der Waals surface area contributed by atoms with Gasteiger partial charge in [-0.1, -0.05) is 31.2 Å². The molecule has 2 unspecified atom stereocenters. The van der Waals surface area contributed by atoms with Gasteiger partial charge in [-0.05, 0) is 17.5 Å². The molecule has 1 heterocycles. The molecule has 0 aliphatic carbocycles. The van der Waals surface area contributed by atoms with Gasteiger partial charge in [-0.25, -0.2) is 0 Å². The van der Waals surface area contributed by atoms with Crippen LogP contribution in [0, 0.1) is 0 Å². The van der Waals surface area contributed by atoms with Crippen LogP contribution < -0.4 is 11.1 Å². The lowest BCUT2D eigenvalue weighted by Gasteiger charge is -2.37. The summed E-state index contributed by atoms with van der Waals surface area (Å²) in [5.41, 5.74) is 8.12. The molecule has 22 heavy (non-hydrogen) atoms. The first-order chi connectivity index (χ1) is 10.7. The highest BCUT2D eigenvalue weighted by molar-refractivity contribution is 5.77. The van der Waals surface area contributed by atoms with Crippen LogP contribution in [0.25, 0.3) is 0 Å². The lowest BCUT2D eigenvalue weighted by atomic mass is 10.00. The maximum Gasteiger partial charge on any atom is 0.225 e. The van der Waals surface area contributed by atoms with E-state index >= 15 is 0 Å². The molecule has 2 atom stereocenters. The lowest BCUT2D eigenvalue weighted by Crippen LogP contribution is -2.49. The minimum Gasteiger partial charge on any atom is -0.380 e. The highest BCUT2D eigenvalue weighted by Gasteiger charge is 2.28. The molecule has 0 bridgehead atoms. The van der Waals surface area contributed by atoms with Gasteiger partial charge in [0.25, 0.3) is 0 Å². The number of carbonyl (C=O) groups excluding carboxylic acids is 1. The molecule has 5 heteroatoms. The molecule has 1 amide bonds. The summed E-state index contributed by atoms with van der Waals surface area (Å²) >= 11 is 0. The second-order valence-corrected chi connectivity index (χ2v) is 5.70. The average molecular weight is 305 g/mol. The summed E-state index contributed by atoms with van der Waals surface area (Å²) in [6.07, 6.45) is 1.17. The number of hydrogen-bond donors (Lipinski definition) is 2. The Morgan fingerprint density at radius 2 is 2.18 bits per heavy atom. The molecular weight excluding hydrogens is 278 g/mol. The van der Waals surface area contributed by atoms with Crippen molar-refractivity contribution in [3.05, 3.63) is 35.4 Å². The van der Waals surface area contributed by atoms with Crippen LogP contribution in [0.5, 0.6) is 0 Å². The van der Waals surface area contributed by atoms with E-state index < -0.39 is 0 Å². The normalized spacial score (nSPS) is 20.0. The quantitative estimate of drug-likeness (QED) is 0.825. The van der Waals surface area contributed by atoms with Crippen molar-refractivity contribution >= 4 is 5.91 Å². The smallest absolute Gasteiger partial charge is 0.225 e. The lowest BCUT2D eigenvalue weighted by molar-refractivity contribution is -0.137. The second kappa shape index (κ2) is 8.27. The van der Waals surface area contributed by atoms with Crippen molar-refractivity contribution in [3.8, 4) is 0 Å². The molecule has 1 fully saturated rings. The van der Waals surface area contributed by atoms with Gasteiger partial charge in [-0.15, -0.1) is 0 Å². The Balaban J connectivity index is 2.11. The first kappa shape index (κ1) is 16.9. The number of methoxy groups -OCH3 is 1. The van der Waals surface area contributed by atoms with E-state index in [1.54, 1.807) is 7.11 Å². The molecule has 3 N–H and O–H groups in total. The summed E-state index contributed by atoms with van der Waals surface area (Å²) in [5, 5.41) is 3.38. The molecule has 1 aromatic carbocycles. The second-order valence-electron chi connectivity index (χ2n) is 5.70. The summed E-state index contributed by atoms with van der Waals surface area (Å²) < 4.78 is 5.24. The van der Waals surface area contributed by atoms with Gasteiger partial charge in [0.2, 0.25) is 5.91 Å².